The second-order valence-corrected chi connectivity index (χ2v) is 3.02. The predicted molar refractivity (Wildman–Crippen MR) is 46.9 cm³/mol. The topological polar surface area (TPSA) is 48.8 Å². The van der Waals surface area contributed by atoms with E-state index in [0.717, 1.165) is 6.07 Å². The molecule has 0 aliphatic rings. The Kier molecular flexibility index (Phi) is 3.22. The Hall–Kier alpha value is -1.13. The summed E-state index contributed by atoms with van der Waals surface area (Å²) >= 11 is 2.74. The molecule has 0 N–H and O–H groups in total. The first-order valence-corrected chi connectivity index (χ1v) is 4.09. The number of benzene rings is 1. The van der Waals surface area contributed by atoms with E-state index in [1.807, 2.05) is 0 Å². The molecule has 0 aliphatic carbocycles. The lowest BCUT2D eigenvalue weighted by Crippen LogP contribution is -1.91. The summed E-state index contributed by atoms with van der Waals surface area (Å²) in [6.45, 7) is -0.124. The molecule has 0 atom stereocenters. The first-order valence-electron chi connectivity index (χ1n) is 3.30. The largest absolute Gasteiger partial charge is 0.206 e. The summed E-state index contributed by atoms with van der Waals surface area (Å²) in [6, 6.07) is 2.35. The molecule has 6 heteroatoms. The minimum Gasteiger partial charge on any atom is -0.206 e. The first-order chi connectivity index (χ1) is 6.16. The lowest BCUT2D eigenvalue weighted by Gasteiger charge is -2.01. The van der Waals surface area contributed by atoms with Gasteiger partial charge in [-0.15, -0.1) is 0 Å². The van der Waals surface area contributed by atoms with Gasteiger partial charge in [0.1, 0.15) is 11.6 Å². The van der Waals surface area contributed by atoms with E-state index < -0.39 is 11.6 Å². The molecule has 1 rings (SSSR count). The Morgan fingerprint density at radius 2 is 2.15 bits per heavy atom. The monoisotopic (exact) mass is 247 g/mol. The van der Waals surface area contributed by atoms with Crippen LogP contribution in [0.25, 0.3) is 10.4 Å². The summed E-state index contributed by atoms with van der Waals surface area (Å²) in [5.41, 5.74) is 8.15. The Labute approximate surface area is 81.1 Å². The van der Waals surface area contributed by atoms with E-state index >= 15 is 0 Å². The van der Waals surface area contributed by atoms with Crippen molar-refractivity contribution in [2.75, 3.05) is 0 Å². The third kappa shape index (κ3) is 2.17. The summed E-state index contributed by atoms with van der Waals surface area (Å²) in [5.74, 6) is -1.41. The minimum atomic E-state index is -0.729. The van der Waals surface area contributed by atoms with Crippen LogP contribution in [-0.4, -0.2) is 0 Å². The summed E-state index contributed by atoms with van der Waals surface area (Å²) < 4.78 is 25.6. The molecule has 13 heavy (non-hydrogen) atoms. The van der Waals surface area contributed by atoms with Crippen molar-refractivity contribution in [2.45, 2.75) is 6.54 Å². The highest BCUT2D eigenvalue weighted by molar-refractivity contribution is 9.10. The molecule has 68 valence electrons. The average Bonchev–Trinajstić information content (AvgIpc) is 2.13. The van der Waals surface area contributed by atoms with Crippen molar-refractivity contribution >= 4 is 15.9 Å². The standard InChI is InChI=1S/C7H4BrF2N3/c8-6-5(9)2-1-4(7(6)10)3-12-13-11/h1-2H,3H2. The molecule has 0 unspecified atom stereocenters. The van der Waals surface area contributed by atoms with Crippen molar-refractivity contribution in [3.63, 3.8) is 0 Å². The van der Waals surface area contributed by atoms with Gasteiger partial charge in [-0.05, 0) is 33.1 Å². The van der Waals surface area contributed by atoms with Gasteiger partial charge in [-0.25, -0.2) is 8.78 Å². The van der Waals surface area contributed by atoms with E-state index in [0.29, 0.717) is 0 Å². The van der Waals surface area contributed by atoms with Gasteiger partial charge in [0.25, 0.3) is 0 Å². The van der Waals surface area contributed by atoms with Crippen LogP contribution in [0.3, 0.4) is 0 Å². The smallest absolute Gasteiger partial charge is 0.143 e. The van der Waals surface area contributed by atoms with Gasteiger partial charge in [0.05, 0.1) is 11.0 Å². The zero-order chi connectivity index (χ0) is 9.84. The van der Waals surface area contributed by atoms with Gasteiger partial charge in [-0.1, -0.05) is 11.2 Å². The third-order valence-electron chi connectivity index (χ3n) is 1.42. The minimum absolute atomic E-state index is 0.124. The van der Waals surface area contributed by atoms with E-state index in [9.17, 15) is 8.78 Å². The number of rotatable bonds is 2. The Bertz CT molecular complexity index is 374. The quantitative estimate of drug-likeness (QED) is 0.332. The zero-order valence-corrected chi connectivity index (χ0v) is 7.92. The van der Waals surface area contributed by atoms with Crippen LogP contribution in [0.2, 0.25) is 0 Å². The first kappa shape index (κ1) is 9.95. The lowest BCUT2D eigenvalue weighted by molar-refractivity contribution is 0.561. The van der Waals surface area contributed by atoms with Crippen LogP contribution in [0.1, 0.15) is 5.56 Å². The van der Waals surface area contributed by atoms with Gasteiger partial charge < -0.3 is 0 Å². The van der Waals surface area contributed by atoms with Crippen LogP contribution in [0.4, 0.5) is 8.78 Å². The fourth-order valence-corrected chi connectivity index (χ4v) is 1.18. The molecule has 0 fully saturated rings. The Morgan fingerprint density at radius 3 is 2.77 bits per heavy atom. The molecular formula is C7H4BrF2N3. The van der Waals surface area contributed by atoms with Crippen molar-refractivity contribution in [2.24, 2.45) is 5.11 Å². The van der Waals surface area contributed by atoms with E-state index in [2.05, 4.69) is 26.0 Å². The number of hydrogen-bond donors (Lipinski definition) is 0. The number of halogens is 3. The molecule has 0 saturated heterocycles. The molecule has 1 aromatic carbocycles. The van der Waals surface area contributed by atoms with Gasteiger partial charge in [0.15, 0.2) is 0 Å². The zero-order valence-electron chi connectivity index (χ0n) is 6.34. The van der Waals surface area contributed by atoms with Gasteiger partial charge >= 0.3 is 0 Å². The van der Waals surface area contributed by atoms with Crippen LogP contribution in [0.5, 0.6) is 0 Å². The average molecular weight is 248 g/mol. The third-order valence-corrected chi connectivity index (χ3v) is 2.15. The maximum Gasteiger partial charge on any atom is 0.143 e. The molecule has 0 saturated carbocycles. The SMILES string of the molecule is [N-]=[N+]=NCc1ccc(F)c(Br)c1F. The van der Waals surface area contributed by atoms with Crippen molar-refractivity contribution < 1.29 is 8.78 Å². The number of nitrogens with zero attached hydrogens (tertiary/aromatic N) is 3. The number of hydrogen-bond acceptors (Lipinski definition) is 1. The summed E-state index contributed by atoms with van der Waals surface area (Å²) in [5, 5.41) is 3.17. The van der Waals surface area contributed by atoms with Crippen LogP contribution >= 0.6 is 15.9 Å². The Morgan fingerprint density at radius 1 is 1.46 bits per heavy atom. The highest BCUT2D eigenvalue weighted by Crippen LogP contribution is 2.22. The van der Waals surface area contributed by atoms with Crippen LogP contribution in [0, 0.1) is 11.6 Å². The van der Waals surface area contributed by atoms with E-state index in [1.165, 1.54) is 6.07 Å². The van der Waals surface area contributed by atoms with Crippen LogP contribution in [0.15, 0.2) is 21.7 Å². The Balaban J connectivity index is 3.10. The molecule has 0 spiro atoms. The van der Waals surface area contributed by atoms with E-state index in [4.69, 9.17) is 5.53 Å². The van der Waals surface area contributed by atoms with Crippen molar-refractivity contribution in [1.82, 2.24) is 0 Å². The molecule has 0 aliphatic heterocycles. The van der Waals surface area contributed by atoms with Gasteiger partial charge in [-0.2, -0.15) is 0 Å². The van der Waals surface area contributed by atoms with E-state index in [-0.39, 0.29) is 16.6 Å². The highest BCUT2D eigenvalue weighted by atomic mass is 79.9. The van der Waals surface area contributed by atoms with Crippen LogP contribution in [-0.2, 0) is 6.54 Å². The highest BCUT2D eigenvalue weighted by Gasteiger charge is 2.09. The molecule has 0 amide bonds. The van der Waals surface area contributed by atoms with E-state index in [1.54, 1.807) is 0 Å². The molecule has 0 bridgehead atoms. The second kappa shape index (κ2) is 4.20. The molecule has 0 radical (unpaired) electrons. The maximum atomic E-state index is 13.1. The fraction of sp³-hybridized carbons (Fsp3) is 0.143. The fourth-order valence-electron chi connectivity index (χ4n) is 0.796. The van der Waals surface area contributed by atoms with Crippen molar-refractivity contribution in [3.8, 4) is 0 Å². The second-order valence-electron chi connectivity index (χ2n) is 2.22. The van der Waals surface area contributed by atoms with Gasteiger partial charge in [-0.3, -0.25) is 0 Å². The van der Waals surface area contributed by atoms with Crippen molar-refractivity contribution in [1.29, 1.82) is 0 Å². The molecule has 1 aromatic rings. The predicted octanol–water partition coefficient (Wildman–Crippen LogP) is 3.54. The number of azide groups is 1. The van der Waals surface area contributed by atoms with Gasteiger partial charge in [0.2, 0.25) is 0 Å². The molecule has 3 nitrogen and oxygen atoms in total. The lowest BCUT2D eigenvalue weighted by atomic mass is 10.2. The van der Waals surface area contributed by atoms with Crippen molar-refractivity contribution in [3.05, 3.63) is 44.2 Å². The summed E-state index contributed by atoms with van der Waals surface area (Å²) in [6.07, 6.45) is 0. The van der Waals surface area contributed by atoms with Crippen LogP contribution < -0.4 is 0 Å². The maximum absolute atomic E-state index is 13.1. The molecule has 0 heterocycles. The van der Waals surface area contributed by atoms with Gasteiger partial charge in [0, 0.05) is 4.91 Å². The normalized spacial score (nSPS) is 9.46. The molecular weight excluding hydrogens is 244 g/mol. The summed E-state index contributed by atoms with van der Waals surface area (Å²) in [4.78, 5) is 2.47. The summed E-state index contributed by atoms with van der Waals surface area (Å²) in [7, 11) is 0. The molecule has 0 aromatic heterocycles.